The molecule has 0 bridgehead atoms. The Hall–Kier alpha value is -1.63. The molecular formula is C14H19N. The van der Waals surface area contributed by atoms with E-state index in [-0.39, 0.29) is 0 Å². The van der Waals surface area contributed by atoms with Gasteiger partial charge in [0.05, 0.1) is 0 Å². The summed E-state index contributed by atoms with van der Waals surface area (Å²) in [7, 11) is 0. The van der Waals surface area contributed by atoms with Crippen LogP contribution in [0.25, 0.3) is 6.08 Å². The van der Waals surface area contributed by atoms with E-state index >= 15 is 0 Å². The summed E-state index contributed by atoms with van der Waals surface area (Å²) in [5, 5.41) is 0. The lowest BCUT2D eigenvalue weighted by atomic mass is 10.2. The van der Waals surface area contributed by atoms with Crippen molar-refractivity contribution < 1.29 is 0 Å². The van der Waals surface area contributed by atoms with Crippen LogP contribution in [0.2, 0.25) is 0 Å². The maximum absolute atomic E-state index is 3.78. The lowest BCUT2D eigenvalue weighted by molar-refractivity contribution is 1.46. The number of nitrogens with zero attached hydrogens (tertiary/aromatic N) is 1. The van der Waals surface area contributed by atoms with Crippen LogP contribution in [0.15, 0.2) is 48.1 Å². The number of hydrogen-bond acceptors (Lipinski definition) is 1. The first kappa shape index (κ1) is 13.4. The predicted molar refractivity (Wildman–Crippen MR) is 70.3 cm³/mol. The van der Waals surface area contributed by atoms with Crippen molar-refractivity contribution in [1.29, 1.82) is 0 Å². The van der Waals surface area contributed by atoms with Crippen molar-refractivity contribution >= 4 is 12.3 Å². The van der Waals surface area contributed by atoms with Crippen LogP contribution < -0.4 is 0 Å². The Kier molecular flexibility index (Phi) is 7.97. The highest BCUT2D eigenvalue weighted by atomic mass is 14.6. The first-order valence-electron chi connectivity index (χ1n) is 5.02. The van der Waals surface area contributed by atoms with Gasteiger partial charge in [0.2, 0.25) is 0 Å². The van der Waals surface area contributed by atoms with Crippen LogP contribution in [0.5, 0.6) is 0 Å². The average molecular weight is 201 g/mol. The fourth-order valence-corrected chi connectivity index (χ4v) is 0.875. The number of benzene rings is 1. The second-order valence-electron chi connectivity index (χ2n) is 3.00. The van der Waals surface area contributed by atoms with Crippen LogP contribution >= 0.6 is 0 Å². The highest BCUT2D eigenvalue weighted by molar-refractivity contribution is 5.54. The van der Waals surface area contributed by atoms with Gasteiger partial charge in [-0.1, -0.05) is 48.6 Å². The minimum atomic E-state index is 1.18. The van der Waals surface area contributed by atoms with E-state index in [1.54, 1.807) is 12.4 Å². The minimum absolute atomic E-state index is 1.18. The molecule has 0 aliphatic heterocycles. The fraction of sp³-hybridized carbons (Fsp3) is 0.214. The van der Waals surface area contributed by atoms with Crippen molar-refractivity contribution in [2.45, 2.75) is 20.8 Å². The Balaban J connectivity index is 0.000000288. The van der Waals surface area contributed by atoms with E-state index < -0.39 is 0 Å². The van der Waals surface area contributed by atoms with E-state index in [2.05, 4.69) is 42.8 Å². The predicted octanol–water partition coefficient (Wildman–Crippen LogP) is 4.25. The smallest absolute Gasteiger partial charge is 0.0221 e. The molecule has 0 fully saturated rings. The summed E-state index contributed by atoms with van der Waals surface area (Å²) in [6.45, 7) is 9.56. The molecule has 1 aromatic carbocycles. The van der Waals surface area contributed by atoms with Gasteiger partial charge in [0.15, 0.2) is 0 Å². The molecule has 0 unspecified atom stereocenters. The van der Waals surface area contributed by atoms with Crippen LogP contribution in [-0.4, -0.2) is 6.21 Å². The van der Waals surface area contributed by atoms with Gasteiger partial charge in [0.25, 0.3) is 0 Å². The van der Waals surface area contributed by atoms with E-state index in [1.165, 1.54) is 11.1 Å². The Labute approximate surface area is 92.9 Å². The summed E-state index contributed by atoms with van der Waals surface area (Å²) in [6, 6.07) is 8.28. The molecule has 1 rings (SSSR count). The molecule has 0 radical (unpaired) electrons. The van der Waals surface area contributed by atoms with Gasteiger partial charge in [-0.3, -0.25) is 4.99 Å². The molecule has 1 aromatic rings. The molecule has 15 heavy (non-hydrogen) atoms. The largest absolute Gasteiger partial charge is 0.270 e. The fourth-order valence-electron chi connectivity index (χ4n) is 0.875. The van der Waals surface area contributed by atoms with Crippen LogP contribution in [0.4, 0.5) is 0 Å². The average Bonchev–Trinajstić information content (AvgIpc) is 2.28. The molecule has 1 nitrogen and oxygen atoms in total. The van der Waals surface area contributed by atoms with Crippen molar-refractivity contribution in [3.8, 4) is 0 Å². The normalized spacial score (nSPS) is 10.1. The Morgan fingerprint density at radius 1 is 1.13 bits per heavy atom. The van der Waals surface area contributed by atoms with Crippen LogP contribution in [0.1, 0.15) is 25.0 Å². The monoisotopic (exact) mass is 201 g/mol. The summed E-state index contributed by atoms with van der Waals surface area (Å²) < 4.78 is 0. The number of aliphatic imine (C=N–C) groups is 1. The quantitative estimate of drug-likeness (QED) is 0.634. The van der Waals surface area contributed by atoms with Gasteiger partial charge in [-0.05, 0) is 26.3 Å². The molecule has 0 saturated carbocycles. The molecule has 1 heteroatoms. The van der Waals surface area contributed by atoms with Crippen molar-refractivity contribution in [3.05, 3.63) is 54.2 Å². The Morgan fingerprint density at radius 3 is 2.07 bits per heavy atom. The molecule has 0 spiro atoms. The maximum atomic E-state index is 3.78. The van der Waals surface area contributed by atoms with Gasteiger partial charge in [-0.25, -0.2) is 0 Å². The molecule has 0 amide bonds. The van der Waals surface area contributed by atoms with Gasteiger partial charge in [0.1, 0.15) is 0 Å². The van der Waals surface area contributed by atoms with Gasteiger partial charge >= 0.3 is 0 Å². The maximum Gasteiger partial charge on any atom is 0.0221 e. The zero-order valence-electron chi connectivity index (χ0n) is 9.77. The van der Waals surface area contributed by atoms with E-state index in [4.69, 9.17) is 0 Å². The summed E-state index contributed by atoms with van der Waals surface area (Å²) >= 11 is 0. The van der Waals surface area contributed by atoms with E-state index in [9.17, 15) is 0 Å². The number of rotatable bonds is 2. The lowest BCUT2D eigenvalue weighted by Gasteiger charge is -1.91. The molecule has 0 aliphatic carbocycles. The number of hydrogen-bond donors (Lipinski definition) is 0. The Morgan fingerprint density at radius 2 is 1.73 bits per heavy atom. The summed E-state index contributed by atoms with van der Waals surface area (Å²) in [5.74, 6) is 0. The zero-order valence-corrected chi connectivity index (χ0v) is 9.77. The van der Waals surface area contributed by atoms with Crippen molar-refractivity contribution in [2.24, 2.45) is 4.99 Å². The molecule has 0 atom stereocenters. The number of aryl methyl sites for hydroxylation is 1. The third-order valence-electron chi connectivity index (χ3n) is 1.70. The summed E-state index contributed by atoms with van der Waals surface area (Å²) in [4.78, 5) is 3.78. The molecule has 0 saturated heterocycles. The molecule has 0 aromatic heterocycles. The van der Waals surface area contributed by atoms with Gasteiger partial charge in [-0.15, -0.1) is 0 Å². The zero-order chi connectivity index (χ0) is 11.5. The lowest BCUT2D eigenvalue weighted by Crippen LogP contribution is -1.71. The van der Waals surface area contributed by atoms with Gasteiger partial charge in [0, 0.05) is 12.4 Å². The van der Waals surface area contributed by atoms with Crippen molar-refractivity contribution in [3.63, 3.8) is 0 Å². The van der Waals surface area contributed by atoms with Gasteiger partial charge < -0.3 is 0 Å². The van der Waals surface area contributed by atoms with Crippen LogP contribution in [-0.2, 0) is 0 Å². The standard InChI is InChI=1S/C9H10.C5H9N/c1-3-9-6-4-8(2)5-7-9;1-3-5-6-4-2/h3-7H,1H2,2H3;3-5H,1-2H3/b;5-3-,6-4?. The highest BCUT2D eigenvalue weighted by Crippen LogP contribution is 2.02. The minimum Gasteiger partial charge on any atom is -0.270 e. The first-order valence-corrected chi connectivity index (χ1v) is 5.02. The molecular weight excluding hydrogens is 182 g/mol. The van der Waals surface area contributed by atoms with Crippen LogP contribution in [0.3, 0.4) is 0 Å². The molecule has 80 valence electrons. The number of allylic oxidation sites excluding steroid dienone is 1. The third-order valence-corrected chi connectivity index (χ3v) is 1.70. The summed E-state index contributed by atoms with van der Waals surface area (Å²) in [5.41, 5.74) is 2.47. The topological polar surface area (TPSA) is 12.4 Å². The van der Waals surface area contributed by atoms with Crippen molar-refractivity contribution in [1.82, 2.24) is 0 Å². The molecule has 0 N–H and O–H groups in total. The molecule has 0 heterocycles. The van der Waals surface area contributed by atoms with E-state index in [1.807, 2.05) is 26.0 Å². The third kappa shape index (κ3) is 7.44. The first-order chi connectivity index (χ1) is 7.24. The van der Waals surface area contributed by atoms with Gasteiger partial charge in [-0.2, -0.15) is 0 Å². The molecule has 0 aliphatic rings. The van der Waals surface area contributed by atoms with E-state index in [0.29, 0.717) is 0 Å². The van der Waals surface area contributed by atoms with Crippen LogP contribution in [0, 0.1) is 6.92 Å². The highest BCUT2D eigenvalue weighted by Gasteiger charge is 1.82. The van der Waals surface area contributed by atoms with Crippen molar-refractivity contribution in [2.75, 3.05) is 0 Å². The summed E-state index contributed by atoms with van der Waals surface area (Å²) in [6.07, 6.45) is 7.24. The van der Waals surface area contributed by atoms with E-state index in [0.717, 1.165) is 0 Å². The second kappa shape index (κ2) is 8.95. The Bertz CT molecular complexity index is 308. The SMILES string of the molecule is C=Cc1ccc(C)cc1.CC=N/C=C\C. The second-order valence-corrected chi connectivity index (χ2v) is 3.00.